The second kappa shape index (κ2) is 20.5. The number of cyclic esters (lactones) is 2. The molecule has 25 unspecified atom stereocenters. The maximum atomic E-state index is 15.0. The Bertz CT molecular complexity index is 2230. The van der Waals surface area contributed by atoms with Crippen molar-refractivity contribution in [1.29, 1.82) is 0 Å². The number of esters is 6. The van der Waals surface area contributed by atoms with Crippen LogP contribution in [0.4, 0.5) is 0 Å². The van der Waals surface area contributed by atoms with Crippen molar-refractivity contribution in [1.82, 2.24) is 0 Å². The molecule has 8 saturated carbocycles. The minimum atomic E-state index is -2.07. The van der Waals surface area contributed by atoms with Crippen LogP contribution in [0.25, 0.3) is 0 Å². The van der Waals surface area contributed by atoms with E-state index in [2.05, 4.69) is 47.0 Å². The quantitative estimate of drug-likeness (QED) is 0.0557. The monoisotopic (exact) mass is 1100 g/mol. The van der Waals surface area contributed by atoms with E-state index in [1.807, 2.05) is 13.8 Å². The van der Waals surface area contributed by atoms with Crippen molar-refractivity contribution in [3.05, 3.63) is 0 Å². The highest BCUT2D eigenvalue weighted by molar-refractivity contribution is 6.98. The van der Waals surface area contributed by atoms with Gasteiger partial charge in [0.1, 0.15) is 0 Å². The Balaban J connectivity index is 1.01. The molecule has 0 aromatic carbocycles. The third-order valence-electron chi connectivity index (χ3n) is 23.3. The maximum absolute atomic E-state index is 15.0. The molecular formula is C56H88O14Si4. The number of methoxy groups -OCH3 is 2. The zero-order valence-corrected chi connectivity index (χ0v) is 50.6. The summed E-state index contributed by atoms with van der Waals surface area (Å²) in [6.45, 7) is 20.1. The van der Waals surface area contributed by atoms with Gasteiger partial charge in [0, 0.05) is 26.4 Å². The predicted octanol–water partition coefficient (Wildman–Crippen LogP) is 7.51. The van der Waals surface area contributed by atoms with Crippen LogP contribution >= 0.6 is 0 Å². The fourth-order valence-corrected chi connectivity index (χ4v) is 54.7. The van der Waals surface area contributed by atoms with Crippen molar-refractivity contribution in [3.8, 4) is 0 Å². The fourth-order valence-electron chi connectivity index (χ4n) is 21.6. The summed E-state index contributed by atoms with van der Waals surface area (Å²) in [6, 6.07) is 0. The molecule has 25 atom stereocenters. The second-order valence-electron chi connectivity index (χ2n) is 27.8. The van der Waals surface area contributed by atoms with Crippen LogP contribution in [0.15, 0.2) is 0 Å². The molecule has 0 amide bonds. The van der Waals surface area contributed by atoms with Crippen molar-refractivity contribution >= 4 is 76.5 Å². The summed E-state index contributed by atoms with van der Waals surface area (Å²) in [5, 5.41) is 10.5. The molecule has 0 spiro atoms. The Morgan fingerprint density at radius 2 is 1.28 bits per heavy atom. The molecule has 14 nitrogen and oxygen atoms in total. The van der Waals surface area contributed by atoms with Crippen LogP contribution in [0.5, 0.6) is 0 Å². The molecule has 74 heavy (non-hydrogen) atoms. The van der Waals surface area contributed by atoms with Crippen LogP contribution in [-0.4, -0.2) is 109 Å². The Morgan fingerprint density at radius 3 is 1.88 bits per heavy atom. The minimum Gasteiger partial charge on any atom is -0.481 e. The van der Waals surface area contributed by atoms with E-state index in [0.29, 0.717) is 50.4 Å². The van der Waals surface area contributed by atoms with Crippen molar-refractivity contribution < 1.29 is 66.8 Å². The Morgan fingerprint density at radius 1 is 0.689 bits per heavy atom. The van der Waals surface area contributed by atoms with Gasteiger partial charge in [-0.15, -0.1) is 0 Å². The summed E-state index contributed by atoms with van der Waals surface area (Å²) in [4.78, 5) is 100.0. The number of carbonyl (C=O) groups is 7. The predicted molar refractivity (Wildman–Crippen MR) is 284 cm³/mol. The van der Waals surface area contributed by atoms with E-state index in [1.165, 1.54) is 36.9 Å². The van der Waals surface area contributed by atoms with Crippen molar-refractivity contribution in [2.45, 2.75) is 147 Å². The van der Waals surface area contributed by atoms with Crippen LogP contribution in [0.1, 0.15) is 92.4 Å². The maximum Gasteiger partial charge on any atom is 0.317 e. The Labute approximate surface area is 445 Å². The molecular weight excluding hydrogens is 1010 g/mol. The van der Waals surface area contributed by atoms with Crippen LogP contribution in [0.3, 0.4) is 0 Å². The van der Waals surface area contributed by atoms with Gasteiger partial charge in [0.05, 0.1) is 61.2 Å². The van der Waals surface area contributed by atoms with Gasteiger partial charge in [0.2, 0.25) is 0 Å². The van der Waals surface area contributed by atoms with Gasteiger partial charge in [-0.05, 0) is 191 Å². The third kappa shape index (κ3) is 9.12. The molecule has 2 aliphatic heterocycles. The zero-order chi connectivity index (χ0) is 53.2. The van der Waals surface area contributed by atoms with Gasteiger partial charge in [0.15, 0.2) is 15.1 Å². The summed E-state index contributed by atoms with van der Waals surface area (Å²) < 4.78 is 35.9. The fraction of sp³-hybridized carbons (Fsp3) is 0.875. The van der Waals surface area contributed by atoms with Gasteiger partial charge in [-0.25, -0.2) is 0 Å². The lowest BCUT2D eigenvalue weighted by atomic mass is 9.53. The standard InChI is InChI=1S/C56H88O14Si4/c1-26(2)69-55(64)56(5,48-27(3)29-12-13-30(48)14-29)20-39-34-15-31(17-36(34)51(60)67-21-68-74(11)24-72(9)22-71(8)23-73(10)25-74)41(39)46-47(54(63)70-53(46)62)43-35-16-32(18-37(35)50(59)65-6)42(43)40-28(4)33-19-38(40)45(52(61)66-7)44(33)49(57)58/h26-48,71-73H,12-25H2,1-11H3,(H,57,58). The number of hydrogen-bond donors (Lipinski definition) is 1. The number of ether oxygens (including phenoxy) is 5. The van der Waals surface area contributed by atoms with E-state index < -0.39 is 111 Å². The number of fused-ring (bicyclic) bond motifs is 8. The Hall–Kier alpha value is -2.68. The summed E-state index contributed by atoms with van der Waals surface area (Å²) in [7, 11) is -1.86. The number of aliphatic carboxylic acids is 1. The van der Waals surface area contributed by atoms with Crippen molar-refractivity contribution in [2.75, 3.05) is 21.0 Å². The molecule has 8 aliphatic carbocycles. The number of carboxylic acids is 1. The lowest BCUT2D eigenvalue weighted by Crippen LogP contribution is -2.52. The van der Waals surface area contributed by atoms with Gasteiger partial charge in [-0.2, -0.15) is 0 Å². The number of rotatable bonds is 15. The molecule has 10 aliphatic rings. The van der Waals surface area contributed by atoms with Gasteiger partial charge < -0.3 is 33.2 Å². The number of hydrogen-bond acceptors (Lipinski definition) is 13. The highest BCUT2D eigenvalue weighted by Crippen LogP contribution is 2.72. The summed E-state index contributed by atoms with van der Waals surface area (Å²) in [5.74, 6) is -9.76. The molecule has 2 saturated heterocycles. The number of carbonyl (C=O) groups excluding carboxylic acids is 6. The Kier molecular flexibility index (Phi) is 15.2. The van der Waals surface area contributed by atoms with Crippen LogP contribution in [0.2, 0.25) is 48.9 Å². The SMILES string of the molecule is COC(=O)C1CC2CC1C(C1C(=O)OC(=O)C1C1C3CC(C(=O)OCO[Si]4(C)C[SiH](C)C[SiH](C)C[SiH](C)C4)C(C3)C1CC(C)(C(=O)OC(C)C)C1C3CCC(C3)C1C)C2C1C(C)C2CC1C(C(=O)OC)C2C(=O)O. The molecule has 18 heteroatoms. The van der Waals surface area contributed by atoms with E-state index in [9.17, 15) is 29.1 Å². The summed E-state index contributed by atoms with van der Waals surface area (Å²) in [6.07, 6.45) is 6.20. The first-order chi connectivity index (χ1) is 35.0. The molecule has 8 bridgehead atoms. The van der Waals surface area contributed by atoms with Crippen LogP contribution in [-0.2, 0) is 61.7 Å². The van der Waals surface area contributed by atoms with E-state index >= 15 is 9.59 Å². The number of carboxylic acid groups (broad SMARTS) is 1. The van der Waals surface area contributed by atoms with Crippen molar-refractivity contribution in [2.24, 2.45) is 136 Å². The average molecular weight is 1100 g/mol. The molecule has 10 fully saturated rings. The summed E-state index contributed by atoms with van der Waals surface area (Å²) in [5.41, 5.74) is 4.45. The van der Waals surface area contributed by atoms with E-state index in [0.717, 1.165) is 19.3 Å². The third-order valence-corrected chi connectivity index (χ3v) is 49.5. The minimum absolute atomic E-state index is 0.0218. The van der Waals surface area contributed by atoms with Crippen LogP contribution < -0.4 is 0 Å². The van der Waals surface area contributed by atoms with Gasteiger partial charge in [-0.3, -0.25) is 33.6 Å². The zero-order valence-electron chi connectivity index (χ0n) is 46.2. The largest absolute Gasteiger partial charge is 0.481 e. The normalized spacial score (nSPS) is 48.6. The summed E-state index contributed by atoms with van der Waals surface area (Å²) >= 11 is 0. The topological polar surface area (TPSA) is 195 Å². The molecule has 0 aromatic heterocycles. The average Bonchev–Trinajstić information content (AvgIpc) is 4.20. The highest BCUT2D eigenvalue weighted by Gasteiger charge is 2.73. The molecule has 1 N–H and O–H groups in total. The lowest BCUT2D eigenvalue weighted by molar-refractivity contribution is -0.170. The van der Waals surface area contributed by atoms with Crippen LogP contribution in [0, 0.1) is 136 Å². The van der Waals surface area contributed by atoms with E-state index in [1.54, 1.807) is 0 Å². The van der Waals surface area contributed by atoms with Gasteiger partial charge >= 0.3 is 41.8 Å². The van der Waals surface area contributed by atoms with E-state index in [4.69, 9.17) is 28.1 Å². The molecule has 0 aromatic rings. The van der Waals surface area contributed by atoms with Gasteiger partial charge in [0.25, 0.3) is 0 Å². The van der Waals surface area contributed by atoms with E-state index in [-0.39, 0.29) is 102 Å². The first-order valence-corrected chi connectivity index (χ1v) is 40.3. The molecule has 10 rings (SSSR count). The highest BCUT2D eigenvalue weighted by atomic mass is 28.4. The molecule has 0 radical (unpaired) electrons. The first-order valence-electron chi connectivity index (χ1n) is 29.2. The molecule has 412 valence electrons. The smallest absolute Gasteiger partial charge is 0.317 e. The van der Waals surface area contributed by atoms with Crippen molar-refractivity contribution in [3.63, 3.8) is 0 Å². The second-order valence-corrected chi connectivity index (χ2v) is 44.6. The lowest BCUT2D eigenvalue weighted by Gasteiger charge is -2.49. The molecule has 2 heterocycles. The first kappa shape index (κ1) is 54.7. The van der Waals surface area contributed by atoms with Gasteiger partial charge in [-0.1, -0.05) is 44.8 Å².